The molecule has 5 rings (SSSR count). The van der Waals surface area contributed by atoms with Crippen LogP contribution >= 0.6 is 0 Å². The molecule has 0 radical (unpaired) electrons. The summed E-state index contributed by atoms with van der Waals surface area (Å²) >= 11 is 0. The zero-order valence-electron chi connectivity index (χ0n) is 17.8. The van der Waals surface area contributed by atoms with Gasteiger partial charge in [-0.05, 0) is 85.7 Å². The van der Waals surface area contributed by atoms with Gasteiger partial charge in [0.05, 0.1) is 0 Å². The maximum Gasteiger partial charge on any atom is 0.204 e. The van der Waals surface area contributed by atoms with Gasteiger partial charge in [0.15, 0.2) is 0 Å². The average molecular weight is 401 g/mol. The van der Waals surface area contributed by atoms with Gasteiger partial charge in [0.2, 0.25) is 5.82 Å². The number of tetrazole rings is 1. The molecule has 2 N–H and O–H groups in total. The summed E-state index contributed by atoms with van der Waals surface area (Å²) in [6.45, 7) is 6.70. The minimum Gasteiger partial charge on any atom is -0.361 e. The van der Waals surface area contributed by atoms with E-state index in [1.165, 1.54) is 39.6 Å². The number of fused-ring (bicyclic) bond motifs is 1. The van der Waals surface area contributed by atoms with Crippen LogP contribution < -0.4 is 0 Å². The van der Waals surface area contributed by atoms with Crippen molar-refractivity contribution < 1.29 is 0 Å². The molecule has 0 bridgehead atoms. The first kappa shape index (κ1) is 19.0. The van der Waals surface area contributed by atoms with Crippen molar-refractivity contribution >= 4 is 10.9 Å². The zero-order chi connectivity index (χ0) is 20.7. The van der Waals surface area contributed by atoms with Gasteiger partial charge in [0, 0.05) is 29.2 Å². The number of aromatic amines is 2. The maximum atomic E-state index is 4.09. The van der Waals surface area contributed by atoms with Crippen LogP contribution in [0.3, 0.4) is 0 Å². The molecule has 1 fully saturated rings. The van der Waals surface area contributed by atoms with Crippen molar-refractivity contribution in [1.29, 1.82) is 0 Å². The lowest BCUT2D eigenvalue weighted by Crippen LogP contribution is -2.37. The molecule has 30 heavy (non-hydrogen) atoms. The van der Waals surface area contributed by atoms with Gasteiger partial charge >= 0.3 is 0 Å². The molecule has 6 heteroatoms. The Kier molecular flexibility index (Phi) is 4.87. The Morgan fingerprint density at radius 1 is 1.10 bits per heavy atom. The highest BCUT2D eigenvalue weighted by Crippen LogP contribution is 2.37. The van der Waals surface area contributed by atoms with E-state index in [-0.39, 0.29) is 0 Å². The molecule has 0 amide bonds. The van der Waals surface area contributed by atoms with Gasteiger partial charge in [-0.15, -0.1) is 10.2 Å². The number of aromatic nitrogens is 5. The predicted molar refractivity (Wildman–Crippen MR) is 119 cm³/mol. The van der Waals surface area contributed by atoms with Crippen LogP contribution in [-0.2, 0) is 6.42 Å². The number of benzene rings is 2. The number of nitrogens with one attached hydrogen (secondary N) is 2. The van der Waals surface area contributed by atoms with E-state index in [4.69, 9.17) is 0 Å². The van der Waals surface area contributed by atoms with E-state index in [9.17, 15) is 0 Å². The Balaban J connectivity index is 1.46. The van der Waals surface area contributed by atoms with E-state index in [0.717, 1.165) is 25.1 Å². The minimum absolute atomic E-state index is 0.512. The Hall–Kier alpha value is -2.99. The fraction of sp³-hybridized carbons (Fsp3) is 0.375. The third kappa shape index (κ3) is 3.41. The average Bonchev–Trinajstić information content (AvgIpc) is 3.44. The van der Waals surface area contributed by atoms with E-state index in [1.54, 1.807) is 0 Å². The molecule has 4 aromatic rings. The lowest BCUT2D eigenvalue weighted by molar-refractivity contribution is 0.188. The van der Waals surface area contributed by atoms with E-state index in [2.05, 4.69) is 94.0 Å². The van der Waals surface area contributed by atoms with Crippen LogP contribution in [0.5, 0.6) is 0 Å². The molecule has 1 saturated heterocycles. The van der Waals surface area contributed by atoms with Crippen molar-refractivity contribution in [2.45, 2.75) is 32.6 Å². The second kappa shape index (κ2) is 7.69. The Labute approximate surface area is 176 Å². The lowest BCUT2D eigenvalue weighted by atomic mass is 9.76. The SMILES string of the molecule is Cc1cc(C)c2[nH]ccc2c1C[C@@H]1CCN(C)C[C@H]1c1ccc(-c2nn[nH]n2)cc1. The van der Waals surface area contributed by atoms with Crippen LogP contribution in [-0.4, -0.2) is 50.6 Å². The molecule has 2 aromatic carbocycles. The second-order valence-electron chi connectivity index (χ2n) is 8.73. The summed E-state index contributed by atoms with van der Waals surface area (Å²) in [5, 5.41) is 15.8. The van der Waals surface area contributed by atoms with E-state index in [0.29, 0.717) is 17.7 Å². The number of hydrogen-bond acceptors (Lipinski definition) is 4. The van der Waals surface area contributed by atoms with Crippen LogP contribution in [0.2, 0.25) is 0 Å². The lowest BCUT2D eigenvalue weighted by Gasteiger charge is -2.37. The predicted octanol–water partition coefficient (Wildman–Crippen LogP) is 4.24. The highest BCUT2D eigenvalue weighted by Gasteiger charge is 2.30. The summed E-state index contributed by atoms with van der Waals surface area (Å²) in [5.41, 5.74) is 7.91. The summed E-state index contributed by atoms with van der Waals surface area (Å²) in [6, 6.07) is 13.3. The molecular weight excluding hydrogens is 372 g/mol. The molecule has 0 unspecified atom stereocenters. The number of aryl methyl sites for hydroxylation is 2. The van der Waals surface area contributed by atoms with E-state index in [1.807, 2.05) is 0 Å². The van der Waals surface area contributed by atoms with Crippen LogP contribution in [0, 0.1) is 19.8 Å². The Morgan fingerprint density at radius 3 is 2.70 bits per heavy atom. The standard InChI is InChI=1S/C24H28N6/c1-15-12-16(2)23-20(8-10-25-23)21(15)13-19-9-11-30(3)14-22(19)17-4-6-18(7-5-17)24-26-28-29-27-24/h4-8,10,12,19,22,25H,9,11,13-14H2,1-3H3,(H,26,27,28,29)/t19-,22-/m0/s1. The third-order valence-corrected chi connectivity index (χ3v) is 6.74. The van der Waals surface area contributed by atoms with Crippen molar-refractivity contribution in [2.75, 3.05) is 20.1 Å². The molecule has 1 aliphatic rings. The van der Waals surface area contributed by atoms with Gasteiger partial charge in [0.25, 0.3) is 0 Å². The molecule has 0 aliphatic carbocycles. The number of hydrogen-bond donors (Lipinski definition) is 2. The number of piperidine rings is 1. The fourth-order valence-corrected chi connectivity index (χ4v) is 5.13. The molecule has 2 aromatic heterocycles. The van der Waals surface area contributed by atoms with Crippen molar-refractivity contribution in [3.63, 3.8) is 0 Å². The van der Waals surface area contributed by atoms with Crippen molar-refractivity contribution in [1.82, 2.24) is 30.5 Å². The van der Waals surface area contributed by atoms with E-state index < -0.39 is 0 Å². The molecule has 0 saturated carbocycles. The van der Waals surface area contributed by atoms with Crippen LogP contribution in [0.15, 0.2) is 42.6 Å². The van der Waals surface area contributed by atoms with Crippen LogP contribution in [0.4, 0.5) is 0 Å². The fourth-order valence-electron chi connectivity index (χ4n) is 5.13. The molecular formula is C24H28N6. The Morgan fingerprint density at radius 2 is 1.93 bits per heavy atom. The molecule has 2 atom stereocenters. The maximum absolute atomic E-state index is 4.09. The monoisotopic (exact) mass is 400 g/mol. The number of rotatable bonds is 4. The van der Waals surface area contributed by atoms with Crippen molar-refractivity contribution in [3.8, 4) is 11.4 Å². The number of likely N-dealkylation sites (N-methyl/N-ethyl adjacent to an activating group) is 1. The second-order valence-corrected chi connectivity index (χ2v) is 8.73. The van der Waals surface area contributed by atoms with Gasteiger partial charge in [-0.3, -0.25) is 0 Å². The van der Waals surface area contributed by atoms with Gasteiger partial charge in [-0.1, -0.05) is 30.3 Å². The molecule has 154 valence electrons. The van der Waals surface area contributed by atoms with Crippen molar-refractivity contribution in [3.05, 3.63) is 64.8 Å². The largest absolute Gasteiger partial charge is 0.361 e. The summed E-state index contributed by atoms with van der Waals surface area (Å²) in [5.74, 6) is 1.78. The van der Waals surface area contributed by atoms with Gasteiger partial charge in [-0.25, -0.2) is 0 Å². The molecule has 3 heterocycles. The van der Waals surface area contributed by atoms with E-state index >= 15 is 0 Å². The highest BCUT2D eigenvalue weighted by atomic mass is 15.5. The quantitative estimate of drug-likeness (QED) is 0.537. The number of likely N-dealkylation sites (tertiary alicyclic amines) is 1. The van der Waals surface area contributed by atoms with Gasteiger partial charge in [0.1, 0.15) is 0 Å². The normalized spacial score (nSPS) is 20.1. The summed E-state index contributed by atoms with van der Waals surface area (Å²) in [7, 11) is 2.23. The highest BCUT2D eigenvalue weighted by molar-refractivity contribution is 5.87. The first-order valence-corrected chi connectivity index (χ1v) is 10.7. The first-order chi connectivity index (χ1) is 14.6. The number of H-pyrrole nitrogens is 2. The molecule has 0 spiro atoms. The minimum atomic E-state index is 0.512. The third-order valence-electron chi connectivity index (χ3n) is 6.74. The molecule has 1 aliphatic heterocycles. The van der Waals surface area contributed by atoms with Crippen LogP contribution in [0.1, 0.15) is 34.6 Å². The Bertz CT molecular complexity index is 1140. The smallest absolute Gasteiger partial charge is 0.204 e. The van der Waals surface area contributed by atoms with Gasteiger partial charge in [-0.2, -0.15) is 5.21 Å². The molecule has 6 nitrogen and oxygen atoms in total. The summed E-state index contributed by atoms with van der Waals surface area (Å²) in [6.07, 6.45) is 4.40. The number of nitrogens with zero attached hydrogens (tertiary/aromatic N) is 4. The first-order valence-electron chi connectivity index (χ1n) is 10.7. The zero-order valence-corrected chi connectivity index (χ0v) is 17.8. The summed E-state index contributed by atoms with van der Waals surface area (Å²) in [4.78, 5) is 5.89. The van der Waals surface area contributed by atoms with Gasteiger partial charge < -0.3 is 9.88 Å². The summed E-state index contributed by atoms with van der Waals surface area (Å²) < 4.78 is 0. The topological polar surface area (TPSA) is 73.5 Å². The van der Waals surface area contributed by atoms with Crippen molar-refractivity contribution in [2.24, 2.45) is 5.92 Å². The van der Waals surface area contributed by atoms with Crippen LogP contribution in [0.25, 0.3) is 22.3 Å².